The smallest absolute Gasteiger partial charge is 0.241 e. The number of nitrogens with zero attached hydrogens (tertiary/aromatic N) is 2. The summed E-state index contributed by atoms with van der Waals surface area (Å²) in [5.74, 6) is 0.601. The zero-order valence-corrected chi connectivity index (χ0v) is 19.3. The number of nitrogens with one attached hydrogen (secondary N) is 3. The molecule has 158 valence electrons. The zero-order chi connectivity index (χ0) is 19.3. The molecule has 2 rings (SSSR count). The van der Waals surface area contributed by atoms with Crippen LogP contribution in [0.25, 0.3) is 0 Å². The summed E-state index contributed by atoms with van der Waals surface area (Å²) >= 11 is 0. The number of ether oxygens (including phenoxy) is 1. The van der Waals surface area contributed by atoms with Gasteiger partial charge >= 0.3 is 0 Å². The van der Waals surface area contributed by atoms with Crippen LogP contribution in [-0.4, -0.2) is 69.2 Å². The number of methoxy groups -OCH3 is 1. The van der Waals surface area contributed by atoms with Crippen LogP contribution in [0.15, 0.2) is 35.3 Å². The molecular weight excluding hydrogens is 469 g/mol. The molecule has 1 amide bonds. The summed E-state index contributed by atoms with van der Waals surface area (Å²) in [6.45, 7) is 6.96. The van der Waals surface area contributed by atoms with E-state index in [1.165, 1.54) is 5.56 Å². The summed E-state index contributed by atoms with van der Waals surface area (Å²) in [5, 5.41) is 9.50. The van der Waals surface area contributed by atoms with Crippen LogP contribution in [0.2, 0.25) is 0 Å². The predicted molar refractivity (Wildman–Crippen MR) is 124 cm³/mol. The Balaban J connectivity index is 0.00000392. The number of carbonyl (C=O) groups is 1. The van der Waals surface area contributed by atoms with Gasteiger partial charge in [0.1, 0.15) is 6.54 Å². The lowest BCUT2D eigenvalue weighted by atomic mass is 10.0. The second-order valence-corrected chi connectivity index (χ2v) is 6.74. The zero-order valence-electron chi connectivity index (χ0n) is 16.9. The van der Waals surface area contributed by atoms with Gasteiger partial charge in [-0.05, 0) is 31.9 Å². The number of amides is 1. The van der Waals surface area contributed by atoms with Gasteiger partial charge in [0.25, 0.3) is 0 Å². The van der Waals surface area contributed by atoms with Gasteiger partial charge < -0.3 is 20.7 Å². The van der Waals surface area contributed by atoms with Crippen molar-refractivity contribution in [2.45, 2.75) is 32.4 Å². The van der Waals surface area contributed by atoms with Gasteiger partial charge in [0.05, 0.1) is 6.61 Å². The normalized spacial score (nSPS) is 17.5. The summed E-state index contributed by atoms with van der Waals surface area (Å²) in [7, 11) is 1.61. The van der Waals surface area contributed by atoms with Crippen molar-refractivity contribution in [1.29, 1.82) is 0 Å². The Labute approximate surface area is 185 Å². The maximum Gasteiger partial charge on any atom is 0.241 e. The van der Waals surface area contributed by atoms with Crippen LogP contribution in [-0.2, 0) is 16.1 Å². The fraction of sp³-hybridized carbons (Fsp3) is 0.600. The average Bonchev–Trinajstić information content (AvgIpc) is 2.68. The first-order chi connectivity index (χ1) is 13.2. The molecule has 1 aromatic rings. The molecule has 0 saturated carbocycles. The number of aliphatic imine (C=N–C) groups is 1. The van der Waals surface area contributed by atoms with E-state index in [-0.39, 0.29) is 36.4 Å². The Morgan fingerprint density at radius 3 is 2.79 bits per heavy atom. The molecule has 1 saturated heterocycles. The van der Waals surface area contributed by atoms with E-state index in [2.05, 4.69) is 56.2 Å². The largest absolute Gasteiger partial charge is 0.383 e. The van der Waals surface area contributed by atoms with Gasteiger partial charge in [-0.2, -0.15) is 0 Å². The molecule has 0 aromatic heterocycles. The molecule has 28 heavy (non-hydrogen) atoms. The Bertz CT molecular complexity index is 585. The van der Waals surface area contributed by atoms with E-state index in [4.69, 9.17) is 4.74 Å². The number of guanidine groups is 1. The first-order valence-corrected chi connectivity index (χ1v) is 9.78. The van der Waals surface area contributed by atoms with Gasteiger partial charge in [-0.3, -0.25) is 9.69 Å². The lowest BCUT2D eigenvalue weighted by molar-refractivity contribution is -0.119. The van der Waals surface area contributed by atoms with Crippen LogP contribution >= 0.6 is 24.0 Å². The highest BCUT2D eigenvalue weighted by Gasteiger charge is 2.20. The monoisotopic (exact) mass is 503 g/mol. The maximum atomic E-state index is 11.8. The van der Waals surface area contributed by atoms with E-state index >= 15 is 0 Å². The third-order valence-corrected chi connectivity index (χ3v) is 4.45. The van der Waals surface area contributed by atoms with Gasteiger partial charge in [-0.15, -0.1) is 24.0 Å². The summed E-state index contributed by atoms with van der Waals surface area (Å²) in [4.78, 5) is 18.7. The second-order valence-electron chi connectivity index (χ2n) is 6.74. The number of hydrogen-bond donors (Lipinski definition) is 3. The first kappa shape index (κ1) is 24.6. The topological polar surface area (TPSA) is 78.0 Å². The van der Waals surface area contributed by atoms with Gasteiger partial charge in [0, 0.05) is 39.3 Å². The Hall–Kier alpha value is -1.39. The summed E-state index contributed by atoms with van der Waals surface area (Å²) in [5.41, 5.74) is 1.34. The fourth-order valence-electron chi connectivity index (χ4n) is 3.17. The summed E-state index contributed by atoms with van der Waals surface area (Å²) in [6, 6.07) is 10.9. The van der Waals surface area contributed by atoms with Crippen molar-refractivity contribution in [3.8, 4) is 0 Å². The number of rotatable bonds is 9. The maximum absolute atomic E-state index is 11.8. The molecule has 0 bridgehead atoms. The number of halogens is 1. The van der Waals surface area contributed by atoms with Crippen LogP contribution in [0, 0.1) is 0 Å². The molecule has 1 heterocycles. The SMILES string of the molecule is CCNC(=NCC(=O)NCCOC)NC1CCCN(Cc2ccccc2)C1.I. The van der Waals surface area contributed by atoms with Gasteiger partial charge in [-0.1, -0.05) is 30.3 Å². The summed E-state index contributed by atoms with van der Waals surface area (Å²) in [6.07, 6.45) is 2.26. The van der Waals surface area contributed by atoms with Gasteiger partial charge in [0.15, 0.2) is 5.96 Å². The molecule has 0 radical (unpaired) electrons. The lowest BCUT2D eigenvalue weighted by Crippen LogP contribution is -2.51. The van der Waals surface area contributed by atoms with E-state index in [1.807, 2.05) is 6.92 Å². The number of likely N-dealkylation sites (tertiary alicyclic amines) is 1. The molecule has 1 aliphatic heterocycles. The molecule has 1 atom stereocenters. The first-order valence-electron chi connectivity index (χ1n) is 9.78. The standard InChI is InChI=1S/C20H33N5O2.HI/c1-3-21-20(23-14-19(26)22-11-13-27-2)24-18-10-7-12-25(16-18)15-17-8-5-4-6-9-17;/h4-6,8-9,18H,3,7,10-16H2,1-2H3,(H,22,26)(H2,21,23,24);1H. The van der Waals surface area contributed by atoms with Crippen LogP contribution < -0.4 is 16.0 Å². The van der Waals surface area contributed by atoms with E-state index < -0.39 is 0 Å². The number of hydrogen-bond acceptors (Lipinski definition) is 4. The minimum absolute atomic E-state index is 0. The quantitative estimate of drug-likeness (QED) is 0.207. The van der Waals surface area contributed by atoms with Gasteiger partial charge in [-0.25, -0.2) is 4.99 Å². The van der Waals surface area contributed by atoms with E-state index in [0.29, 0.717) is 25.2 Å². The highest BCUT2D eigenvalue weighted by atomic mass is 127. The van der Waals surface area contributed by atoms with Crippen LogP contribution in [0.1, 0.15) is 25.3 Å². The fourth-order valence-corrected chi connectivity index (χ4v) is 3.17. The summed E-state index contributed by atoms with van der Waals surface area (Å²) < 4.78 is 4.93. The van der Waals surface area contributed by atoms with Crippen molar-refractivity contribution < 1.29 is 9.53 Å². The minimum atomic E-state index is -0.0985. The van der Waals surface area contributed by atoms with Gasteiger partial charge in [0.2, 0.25) is 5.91 Å². The number of piperidine rings is 1. The second kappa shape index (κ2) is 14.6. The molecule has 1 unspecified atom stereocenters. The molecule has 0 aliphatic carbocycles. The molecule has 3 N–H and O–H groups in total. The Morgan fingerprint density at radius 1 is 1.29 bits per heavy atom. The van der Waals surface area contributed by atoms with Crippen molar-refractivity contribution in [2.75, 3.05) is 46.4 Å². The van der Waals surface area contributed by atoms with E-state index in [0.717, 1.165) is 39.0 Å². The van der Waals surface area contributed by atoms with Crippen LogP contribution in [0.3, 0.4) is 0 Å². The molecule has 0 spiro atoms. The third-order valence-electron chi connectivity index (χ3n) is 4.45. The Morgan fingerprint density at radius 2 is 2.07 bits per heavy atom. The molecule has 1 aliphatic rings. The lowest BCUT2D eigenvalue weighted by Gasteiger charge is -2.34. The van der Waals surface area contributed by atoms with Crippen LogP contribution in [0.4, 0.5) is 0 Å². The molecule has 8 heteroatoms. The molecular formula is C20H34IN5O2. The number of carbonyl (C=O) groups excluding carboxylic acids is 1. The minimum Gasteiger partial charge on any atom is -0.383 e. The predicted octanol–water partition coefficient (Wildman–Crippen LogP) is 1.59. The Kier molecular flexibility index (Phi) is 12.8. The van der Waals surface area contributed by atoms with E-state index in [9.17, 15) is 4.79 Å². The van der Waals surface area contributed by atoms with E-state index in [1.54, 1.807) is 7.11 Å². The van der Waals surface area contributed by atoms with Crippen molar-refractivity contribution in [3.05, 3.63) is 35.9 Å². The van der Waals surface area contributed by atoms with Crippen molar-refractivity contribution in [2.24, 2.45) is 4.99 Å². The highest BCUT2D eigenvalue weighted by molar-refractivity contribution is 14.0. The van der Waals surface area contributed by atoms with Crippen molar-refractivity contribution in [3.63, 3.8) is 0 Å². The van der Waals surface area contributed by atoms with Crippen molar-refractivity contribution >= 4 is 35.8 Å². The molecule has 1 aromatic carbocycles. The highest BCUT2D eigenvalue weighted by Crippen LogP contribution is 2.13. The molecule has 1 fully saturated rings. The molecule has 7 nitrogen and oxygen atoms in total. The third kappa shape index (κ3) is 9.70. The average molecular weight is 503 g/mol. The van der Waals surface area contributed by atoms with Crippen molar-refractivity contribution in [1.82, 2.24) is 20.9 Å². The van der Waals surface area contributed by atoms with Crippen LogP contribution in [0.5, 0.6) is 0 Å². The number of benzene rings is 1.